The van der Waals surface area contributed by atoms with Crippen LogP contribution in [0, 0.1) is 17.1 Å². The highest BCUT2D eigenvalue weighted by Crippen LogP contribution is 2.18. The van der Waals surface area contributed by atoms with Crippen LogP contribution in [0.15, 0.2) is 23.2 Å². The monoisotopic (exact) mass is 516 g/mol. The van der Waals surface area contributed by atoms with E-state index in [2.05, 4.69) is 15.2 Å². The molecule has 2 aliphatic rings. The first kappa shape index (κ1) is 23.8. The van der Waals surface area contributed by atoms with Crippen LogP contribution in [0.4, 0.5) is 4.39 Å². The van der Waals surface area contributed by atoms with Crippen molar-refractivity contribution >= 4 is 29.9 Å². The third-order valence-electron chi connectivity index (χ3n) is 5.36. The van der Waals surface area contributed by atoms with Gasteiger partial charge in [0.2, 0.25) is 0 Å². The van der Waals surface area contributed by atoms with Gasteiger partial charge in [0.25, 0.3) is 0 Å². The molecule has 0 saturated carbocycles. The Morgan fingerprint density at radius 2 is 2.14 bits per heavy atom. The van der Waals surface area contributed by atoms with Crippen molar-refractivity contribution in [2.75, 3.05) is 33.4 Å². The van der Waals surface area contributed by atoms with Crippen LogP contribution in [0.3, 0.4) is 0 Å². The van der Waals surface area contributed by atoms with Crippen molar-refractivity contribution in [3.05, 3.63) is 35.1 Å². The van der Waals surface area contributed by atoms with Gasteiger partial charge in [-0.05, 0) is 44.2 Å². The van der Waals surface area contributed by atoms with Crippen molar-refractivity contribution in [3.63, 3.8) is 0 Å². The van der Waals surface area contributed by atoms with Crippen molar-refractivity contribution in [1.82, 2.24) is 10.2 Å². The molecule has 6 nitrogen and oxygen atoms in total. The Balaban J connectivity index is 0.00000300. The summed E-state index contributed by atoms with van der Waals surface area (Å²) in [6.07, 6.45) is 5.89. The number of aliphatic imine (C=N–C) groups is 1. The maximum Gasteiger partial charge on any atom is 0.193 e. The predicted octanol–water partition coefficient (Wildman–Crippen LogP) is 3.44. The first-order chi connectivity index (χ1) is 13.7. The van der Waals surface area contributed by atoms with E-state index in [0.717, 1.165) is 51.3 Å². The van der Waals surface area contributed by atoms with E-state index >= 15 is 0 Å². The number of guanidine groups is 1. The van der Waals surface area contributed by atoms with Gasteiger partial charge in [0.05, 0.1) is 30.4 Å². The lowest BCUT2D eigenvalue weighted by molar-refractivity contribution is -0.0721. The molecule has 160 valence electrons. The summed E-state index contributed by atoms with van der Waals surface area (Å²) in [6, 6.07) is 6.48. The van der Waals surface area contributed by atoms with E-state index in [1.54, 1.807) is 19.2 Å². The molecule has 0 radical (unpaired) electrons. The molecule has 1 atom stereocenters. The van der Waals surface area contributed by atoms with Gasteiger partial charge in [-0.15, -0.1) is 24.0 Å². The summed E-state index contributed by atoms with van der Waals surface area (Å²) in [5.74, 6) is 0.386. The van der Waals surface area contributed by atoms with Crippen LogP contribution in [0.5, 0.6) is 0 Å². The largest absolute Gasteiger partial charge is 0.376 e. The number of halogens is 2. The van der Waals surface area contributed by atoms with Gasteiger partial charge < -0.3 is 19.7 Å². The second-order valence-electron chi connectivity index (χ2n) is 7.33. The molecule has 0 spiro atoms. The average Bonchev–Trinajstić information content (AvgIpc) is 2.75. The van der Waals surface area contributed by atoms with E-state index in [0.29, 0.717) is 24.3 Å². The topological polar surface area (TPSA) is 69.9 Å². The van der Waals surface area contributed by atoms with Crippen LogP contribution in [0.2, 0.25) is 0 Å². The zero-order chi connectivity index (χ0) is 19.8. The molecule has 8 heteroatoms. The fourth-order valence-electron chi connectivity index (χ4n) is 3.68. The number of likely N-dealkylation sites (tertiary alicyclic amines) is 1. The average molecular weight is 516 g/mol. The standard InChI is InChI=1S/C21H29FN4O2.HI/c1-24-21(25-14-17-6-5-16(13-23)12-20(17)22)26-9-7-18(8-10-26)28-15-19-4-2-3-11-27-19;/h5-6,12,18-19H,2-4,7-11,14-15H2,1H3,(H,24,25);1H. The molecule has 1 unspecified atom stereocenters. The lowest BCUT2D eigenvalue weighted by Crippen LogP contribution is -2.47. The number of piperidine rings is 1. The number of benzene rings is 1. The van der Waals surface area contributed by atoms with E-state index in [1.807, 2.05) is 6.07 Å². The van der Waals surface area contributed by atoms with Gasteiger partial charge in [-0.3, -0.25) is 4.99 Å². The molecule has 1 aromatic rings. The highest BCUT2D eigenvalue weighted by molar-refractivity contribution is 14.0. The third-order valence-corrected chi connectivity index (χ3v) is 5.36. The summed E-state index contributed by atoms with van der Waals surface area (Å²) in [5, 5.41) is 12.1. The van der Waals surface area contributed by atoms with Gasteiger partial charge in [-0.1, -0.05) is 6.07 Å². The number of rotatable bonds is 5. The second-order valence-corrected chi connectivity index (χ2v) is 7.33. The minimum absolute atomic E-state index is 0. The molecular weight excluding hydrogens is 486 g/mol. The van der Waals surface area contributed by atoms with Crippen LogP contribution in [0.25, 0.3) is 0 Å². The van der Waals surface area contributed by atoms with E-state index in [4.69, 9.17) is 14.7 Å². The summed E-state index contributed by atoms with van der Waals surface area (Å²) in [5.41, 5.74) is 0.845. The summed E-state index contributed by atoms with van der Waals surface area (Å²) < 4.78 is 25.8. The van der Waals surface area contributed by atoms with Crippen LogP contribution >= 0.6 is 24.0 Å². The molecule has 1 N–H and O–H groups in total. The minimum atomic E-state index is -0.376. The van der Waals surface area contributed by atoms with Gasteiger partial charge >= 0.3 is 0 Å². The van der Waals surface area contributed by atoms with E-state index in [1.165, 1.54) is 12.5 Å². The number of hydrogen-bond acceptors (Lipinski definition) is 4. The Kier molecular flexibility index (Phi) is 10.1. The summed E-state index contributed by atoms with van der Waals surface area (Å²) in [4.78, 5) is 6.51. The molecule has 1 aromatic carbocycles. The predicted molar refractivity (Wildman–Crippen MR) is 121 cm³/mol. The molecule has 0 aliphatic carbocycles. The Morgan fingerprint density at radius 1 is 1.34 bits per heavy atom. The first-order valence-electron chi connectivity index (χ1n) is 10.1. The Labute approximate surface area is 189 Å². The highest BCUT2D eigenvalue weighted by atomic mass is 127. The first-order valence-corrected chi connectivity index (χ1v) is 10.1. The van der Waals surface area contributed by atoms with Crippen molar-refractivity contribution in [2.24, 2.45) is 4.99 Å². The Morgan fingerprint density at radius 3 is 2.76 bits per heavy atom. The molecule has 2 aliphatic heterocycles. The van der Waals surface area contributed by atoms with E-state index < -0.39 is 0 Å². The van der Waals surface area contributed by atoms with Crippen LogP contribution in [-0.4, -0.2) is 56.4 Å². The van der Waals surface area contributed by atoms with Gasteiger partial charge in [-0.25, -0.2) is 4.39 Å². The van der Waals surface area contributed by atoms with Crippen molar-refractivity contribution in [2.45, 2.75) is 50.9 Å². The normalized spacial score (nSPS) is 20.7. The van der Waals surface area contributed by atoms with Gasteiger partial charge in [-0.2, -0.15) is 5.26 Å². The van der Waals surface area contributed by atoms with Crippen LogP contribution in [-0.2, 0) is 16.0 Å². The molecule has 0 bridgehead atoms. The van der Waals surface area contributed by atoms with Crippen LogP contribution in [0.1, 0.15) is 43.2 Å². The van der Waals surface area contributed by atoms with Crippen LogP contribution < -0.4 is 5.32 Å². The lowest BCUT2D eigenvalue weighted by Gasteiger charge is -2.35. The van der Waals surface area contributed by atoms with E-state index in [-0.39, 0.29) is 42.0 Å². The third kappa shape index (κ3) is 7.08. The number of ether oxygens (including phenoxy) is 2. The minimum Gasteiger partial charge on any atom is -0.376 e. The summed E-state index contributed by atoms with van der Waals surface area (Å²) in [6.45, 7) is 3.58. The smallest absolute Gasteiger partial charge is 0.193 e. The quantitative estimate of drug-likeness (QED) is 0.369. The summed E-state index contributed by atoms with van der Waals surface area (Å²) in [7, 11) is 1.74. The number of nitrogens with zero attached hydrogens (tertiary/aromatic N) is 3. The number of hydrogen-bond donors (Lipinski definition) is 1. The van der Waals surface area contributed by atoms with Crippen molar-refractivity contribution in [3.8, 4) is 6.07 Å². The fourth-order valence-corrected chi connectivity index (χ4v) is 3.68. The van der Waals surface area contributed by atoms with Crippen molar-refractivity contribution < 1.29 is 13.9 Å². The SMILES string of the molecule is CN=C(NCc1ccc(C#N)cc1F)N1CCC(OCC2CCCCO2)CC1.I. The maximum atomic E-state index is 14.1. The number of nitrogens with one attached hydrogen (secondary N) is 1. The molecule has 2 saturated heterocycles. The fraction of sp³-hybridized carbons (Fsp3) is 0.619. The zero-order valence-electron chi connectivity index (χ0n) is 16.9. The van der Waals surface area contributed by atoms with Gasteiger partial charge in [0.15, 0.2) is 5.96 Å². The molecule has 0 aromatic heterocycles. The molecule has 29 heavy (non-hydrogen) atoms. The molecular formula is C21H30FIN4O2. The van der Waals surface area contributed by atoms with Crippen molar-refractivity contribution in [1.29, 1.82) is 5.26 Å². The second kappa shape index (κ2) is 12.3. The Hall–Kier alpha value is -1.44. The molecule has 2 fully saturated rings. The lowest BCUT2D eigenvalue weighted by atomic mass is 10.1. The maximum absolute atomic E-state index is 14.1. The molecule has 0 amide bonds. The zero-order valence-corrected chi connectivity index (χ0v) is 19.2. The van der Waals surface area contributed by atoms with Gasteiger partial charge in [0.1, 0.15) is 5.82 Å². The molecule has 3 rings (SSSR count). The Bertz CT molecular complexity index is 711. The van der Waals surface area contributed by atoms with Gasteiger partial charge in [0, 0.05) is 38.9 Å². The highest BCUT2D eigenvalue weighted by Gasteiger charge is 2.23. The number of nitriles is 1. The molecule has 2 heterocycles. The van der Waals surface area contributed by atoms with E-state index in [9.17, 15) is 4.39 Å². The summed E-state index contributed by atoms with van der Waals surface area (Å²) >= 11 is 0.